The molecule has 2 aliphatic rings. The molecule has 38 heavy (non-hydrogen) atoms. The number of likely N-dealkylation sites (N-methyl/N-ethyl adjacent to an activating group) is 1. The number of ether oxygens (including phenoxy) is 2. The van der Waals surface area contributed by atoms with Crippen molar-refractivity contribution in [2.24, 2.45) is 0 Å². The molecule has 4 heterocycles. The van der Waals surface area contributed by atoms with E-state index >= 15 is 0 Å². The second-order valence-corrected chi connectivity index (χ2v) is 10.5. The van der Waals surface area contributed by atoms with Crippen LogP contribution in [0.2, 0.25) is 0 Å². The van der Waals surface area contributed by atoms with Crippen LogP contribution in [0.25, 0.3) is 10.8 Å². The number of amides is 1. The number of piperidine rings is 1. The Morgan fingerprint density at radius 2 is 2.08 bits per heavy atom. The summed E-state index contributed by atoms with van der Waals surface area (Å²) in [5.41, 5.74) is -0.192. The summed E-state index contributed by atoms with van der Waals surface area (Å²) in [5.74, 6) is 2.47. The van der Waals surface area contributed by atoms with E-state index in [1.165, 1.54) is 6.92 Å². The quantitative estimate of drug-likeness (QED) is 0.473. The lowest BCUT2D eigenvalue weighted by Crippen LogP contribution is -2.52. The highest BCUT2D eigenvalue weighted by atomic mass is 19.1. The number of pyridine rings is 1. The molecule has 0 spiro atoms. The standard InChI is InChI=1S/C27H33FN6O4/c1-16(2)18-5-6-21(37-14-17-15-38-26(35)33(17)4)20-12-30-24(11-19(18)20)31-23-7-9-29-25(32-23)34-10-8-27(3,36)22(28)13-34/h5-7,9,11-12,16-17,22,36H,8,10,13-15H2,1-4H3,(H,29,30,31,32)/t17?,22-,27+/m0/s1. The average molecular weight is 525 g/mol. The van der Waals surface area contributed by atoms with Gasteiger partial charge in [0.1, 0.15) is 42.8 Å². The number of anilines is 3. The summed E-state index contributed by atoms with van der Waals surface area (Å²) in [6, 6.07) is 7.53. The Bertz CT molecular complexity index is 1340. The van der Waals surface area contributed by atoms with Crippen LogP contribution in [0.5, 0.6) is 5.75 Å². The molecule has 0 bridgehead atoms. The average Bonchev–Trinajstić information content (AvgIpc) is 3.21. The third kappa shape index (κ3) is 5.15. The molecule has 11 heteroatoms. The minimum Gasteiger partial charge on any atom is -0.491 e. The second kappa shape index (κ2) is 10.2. The van der Waals surface area contributed by atoms with Crippen molar-refractivity contribution < 1.29 is 23.8 Å². The van der Waals surface area contributed by atoms with Crippen molar-refractivity contribution in [1.29, 1.82) is 0 Å². The summed E-state index contributed by atoms with van der Waals surface area (Å²) in [6.45, 7) is 6.88. The molecule has 3 atom stereocenters. The minimum atomic E-state index is -1.38. The number of aromatic nitrogens is 3. The molecular weight excluding hydrogens is 491 g/mol. The topological polar surface area (TPSA) is 113 Å². The summed E-state index contributed by atoms with van der Waals surface area (Å²) in [5, 5.41) is 15.2. The van der Waals surface area contributed by atoms with Gasteiger partial charge in [0, 0.05) is 31.4 Å². The molecule has 10 nitrogen and oxygen atoms in total. The lowest BCUT2D eigenvalue weighted by atomic mass is 9.92. The van der Waals surface area contributed by atoms with E-state index in [-0.39, 0.29) is 24.6 Å². The maximum Gasteiger partial charge on any atom is 0.410 e. The maximum absolute atomic E-state index is 14.4. The molecule has 1 aromatic carbocycles. The summed E-state index contributed by atoms with van der Waals surface area (Å²) < 4.78 is 25.6. The lowest BCUT2D eigenvalue weighted by Gasteiger charge is -2.38. The lowest BCUT2D eigenvalue weighted by molar-refractivity contribution is -0.0332. The normalized spacial score (nSPS) is 23.7. The zero-order valence-electron chi connectivity index (χ0n) is 22.0. The van der Waals surface area contributed by atoms with Gasteiger partial charge in [0.25, 0.3) is 0 Å². The Morgan fingerprint density at radius 3 is 2.79 bits per heavy atom. The van der Waals surface area contributed by atoms with Gasteiger partial charge < -0.3 is 29.7 Å². The number of nitrogens with zero attached hydrogens (tertiary/aromatic N) is 5. The van der Waals surface area contributed by atoms with E-state index in [1.807, 2.05) is 18.2 Å². The predicted octanol–water partition coefficient (Wildman–Crippen LogP) is 4.02. The molecule has 2 aliphatic heterocycles. The van der Waals surface area contributed by atoms with Crippen LogP contribution in [0.15, 0.2) is 36.7 Å². The first-order valence-corrected chi connectivity index (χ1v) is 12.8. The number of carbonyl (C=O) groups is 1. The van der Waals surface area contributed by atoms with Crippen molar-refractivity contribution in [3.8, 4) is 5.75 Å². The maximum atomic E-state index is 14.4. The van der Waals surface area contributed by atoms with Gasteiger partial charge in [0.05, 0.1) is 12.1 Å². The van der Waals surface area contributed by atoms with Crippen molar-refractivity contribution in [2.75, 3.05) is 43.6 Å². The zero-order valence-corrected chi connectivity index (χ0v) is 22.0. The first-order valence-electron chi connectivity index (χ1n) is 12.8. The molecule has 0 saturated carbocycles. The van der Waals surface area contributed by atoms with E-state index in [4.69, 9.17) is 9.47 Å². The number of rotatable bonds is 7. The molecule has 5 rings (SSSR count). The first-order chi connectivity index (χ1) is 18.1. The van der Waals surface area contributed by atoms with Crippen LogP contribution in [-0.4, -0.2) is 82.2 Å². The van der Waals surface area contributed by atoms with Crippen LogP contribution in [0.4, 0.5) is 26.8 Å². The number of alkyl halides is 1. The van der Waals surface area contributed by atoms with E-state index in [0.717, 1.165) is 16.3 Å². The fourth-order valence-electron chi connectivity index (χ4n) is 4.69. The molecule has 2 aromatic heterocycles. The molecule has 2 saturated heterocycles. The molecular formula is C27H33FN6O4. The van der Waals surface area contributed by atoms with Gasteiger partial charge in [0.2, 0.25) is 5.95 Å². The molecule has 3 aromatic rings. The van der Waals surface area contributed by atoms with Crippen LogP contribution in [0, 0.1) is 0 Å². The molecule has 1 unspecified atom stereocenters. The minimum absolute atomic E-state index is 0.0299. The monoisotopic (exact) mass is 524 g/mol. The Morgan fingerprint density at radius 1 is 1.26 bits per heavy atom. The highest BCUT2D eigenvalue weighted by molar-refractivity contribution is 5.92. The second-order valence-electron chi connectivity index (χ2n) is 10.5. The van der Waals surface area contributed by atoms with Gasteiger partial charge in [-0.05, 0) is 48.4 Å². The number of hydrogen-bond donors (Lipinski definition) is 2. The van der Waals surface area contributed by atoms with E-state index in [0.29, 0.717) is 49.5 Å². The van der Waals surface area contributed by atoms with Crippen LogP contribution in [0.1, 0.15) is 38.7 Å². The highest BCUT2D eigenvalue weighted by Crippen LogP contribution is 2.34. The van der Waals surface area contributed by atoms with Crippen molar-refractivity contribution in [3.05, 3.63) is 42.2 Å². The van der Waals surface area contributed by atoms with Crippen molar-refractivity contribution in [2.45, 2.75) is 50.9 Å². The Hall–Kier alpha value is -3.73. The van der Waals surface area contributed by atoms with Crippen LogP contribution in [0.3, 0.4) is 0 Å². The van der Waals surface area contributed by atoms with Crippen molar-refractivity contribution >= 4 is 34.4 Å². The number of hydrogen-bond acceptors (Lipinski definition) is 9. The molecule has 0 radical (unpaired) electrons. The number of halogens is 1. The Balaban J connectivity index is 1.37. The summed E-state index contributed by atoms with van der Waals surface area (Å²) in [6.07, 6.45) is 1.95. The number of carbonyl (C=O) groups excluding carboxylic acids is 1. The zero-order chi connectivity index (χ0) is 27.0. The fourth-order valence-corrected chi connectivity index (χ4v) is 4.69. The fraction of sp³-hybridized carbons (Fsp3) is 0.481. The first kappa shape index (κ1) is 25.9. The van der Waals surface area contributed by atoms with Crippen LogP contribution >= 0.6 is 0 Å². The highest BCUT2D eigenvalue weighted by Gasteiger charge is 2.38. The van der Waals surface area contributed by atoms with Crippen molar-refractivity contribution in [3.63, 3.8) is 0 Å². The third-order valence-electron chi connectivity index (χ3n) is 7.31. The van der Waals surface area contributed by atoms with Crippen molar-refractivity contribution in [1.82, 2.24) is 19.9 Å². The van der Waals surface area contributed by atoms with Crippen LogP contribution < -0.4 is 15.0 Å². The predicted molar refractivity (Wildman–Crippen MR) is 142 cm³/mol. The number of aliphatic hydroxyl groups is 1. The van der Waals surface area contributed by atoms with E-state index in [2.05, 4.69) is 34.1 Å². The van der Waals surface area contributed by atoms with Gasteiger partial charge in [-0.3, -0.25) is 0 Å². The summed E-state index contributed by atoms with van der Waals surface area (Å²) in [4.78, 5) is 28.4. The molecule has 1 amide bonds. The van der Waals surface area contributed by atoms with E-state index < -0.39 is 11.8 Å². The molecule has 2 fully saturated rings. The van der Waals surface area contributed by atoms with Gasteiger partial charge >= 0.3 is 6.09 Å². The van der Waals surface area contributed by atoms with Gasteiger partial charge in [0.15, 0.2) is 0 Å². The Kier molecular flexibility index (Phi) is 6.95. The SMILES string of the molecule is CC(C)c1ccc(OCC2COC(=O)N2C)c2cnc(Nc3ccnc(N4CC[C@@](C)(O)[C@@H](F)C4)n3)cc12. The molecule has 0 aliphatic carbocycles. The molecule has 202 valence electrons. The van der Waals surface area contributed by atoms with Crippen LogP contribution in [-0.2, 0) is 4.74 Å². The number of nitrogens with one attached hydrogen (secondary N) is 1. The van der Waals surface area contributed by atoms with Gasteiger partial charge in [-0.2, -0.15) is 4.98 Å². The van der Waals surface area contributed by atoms with E-state index in [1.54, 1.807) is 35.3 Å². The Labute approximate surface area is 220 Å². The van der Waals surface area contributed by atoms with Gasteiger partial charge in [-0.25, -0.2) is 19.2 Å². The van der Waals surface area contributed by atoms with Gasteiger partial charge in [-0.15, -0.1) is 0 Å². The summed E-state index contributed by atoms with van der Waals surface area (Å²) >= 11 is 0. The number of cyclic esters (lactones) is 1. The smallest absolute Gasteiger partial charge is 0.410 e. The van der Waals surface area contributed by atoms with Gasteiger partial charge in [-0.1, -0.05) is 19.9 Å². The third-order valence-corrected chi connectivity index (χ3v) is 7.31. The largest absolute Gasteiger partial charge is 0.491 e. The molecule has 2 N–H and O–H groups in total. The number of benzene rings is 1. The summed E-state index contributed by atoms with van der Waals surface area (Å²) in [7, 11) is 1.70. The van der Waals surface area contributed by atoms with E-state index in [9.17, 15) is 14.3 Å². The number of fused-ring (bicyclic) bond motifs is 1.